The van der Waals surface area contributed by atoms with E-state index in [0.717, 1.165) is 11.1 Å². The number of aryl methyl sites for hydroxylation is 1. The van der Waals surface area contributed by atoms with E-state index in [1.54, 1.807) is 24.3 Å². The highest BCUT2D eigenvalue weighted by Crippen LogP contribution is 2.31. The van der Waals surface area contributed by atoms with Crippen molar-refractivity contribution in [3.8, 4) is 5.75 Å². The maximum absolute atomic E-state index is 12.2. The second kappa shape index (κ2) is 7.12. The summed E-state index contributed by atoms with van der Waals surface area (Å²) in [5.74, 6) is 0.138. The van der Waals surface area contributed by atoms with Gasteiger partial charge >= 0.3 is 0 Å². The van der Waals surface area contributed by atoms with Gasteiger partial charge in [0.05, 0.1) is 11.3 Å². The first kappa shape index (κ1) is 17.5. The minimum Gasteiger partial charge on any atom is -0.508 e. The lowest BCUT2D eigenvalue weighted by Crippen LogP contribution is -2.15. The molecule has 1 amide bonds. The van der Waals surface area contributed by atoms with Crippen molar-refractivity contribution in [1.82, 2.24) is 0 Å². The van der Waals surface area contributed by atoms with Gasteiger partial charge in [-0.25, -0.2) is 0 Å². The molecule has 0 saturated heterocycles. The second-order valence-electron chi connectivity index (χ2n) is 6.03. The van der Waals surface area contributed by atoms with E-state index < -0.39 is 4.92 Å². The third kappa shape index (κ3) is 4.10. The van der Waals surface area contributed by atoms with Crippen LogP contribution in [0.3, 0.4) is 0 Å². The van der Waals surface area contributed by atoms with Crippen LogP contribution in [-0.2, 0) is 11.2 Å². The van der Waals surface area contributed by atoms with E-state index in [4.69, 9.17) is 0 Å². The molecular weight excluding hydrogens is 308 g/mol. The fourth-order valence-electron chi connectivity index (χ4n) is 2.42. The van der Waals surface area contributed by atoms with Crippen LogP contribution in [0.5, 0.6) is 5.75 Å². The molecule has 2 aromatic rings. The normalized spacial score (nSPS) is 10.7. The Morgan fingerprint density at radius 2 is 1.88 bits per heavy atom. The molecule has 2 aromatic carbocycles. The molecule has 0 bridgehead atoms. The second-order valence-corrected chi connectivity index (χ2v) is 6.03. The van der Waals surface area contributed by atoms with Gasteiger partial charge in [0.2, 0.25) is 5.91 Å². The summed E-state index contributed by atoms with van der Waals surface area (Å²) in [4.78, 5) is 22.4. The number of carbonyl (C=O) groups is 1. The number of nitro benzene ring substituents is 1. The van der Waals surface area contributed by atoms with Gasteiger partial charge < -0.3 is 10.4 Å². The maximum atomic E-state index is 12.2. The monoisotopic (exact) mass is 328 g/mol. The van der Waals surface area contributed by atoms with Gasteiger partial charge in [-0.3, -0.25) is 14.9 Å². The molecule has 0 aliphatic rings. The quantitative estimate of drug-likeness (QED) is 0.494. The van der Waals surface area contributed by atoms with Crippen molar-refractivity contribution in [3.63, 3.8) is 0 Å². The van der Waals surface area contributed by atoms with E-state index in [1.165, 1.54) is 12.1 Å². The lowest BCUT2D eigenvalue weighted by atomic mass is 9.99. The van der Waals surface area contributed by atoms with Gasteiger partial charge in [0.1, 0.15) is 5.75 Å². The number of hydrogen-bond donors (Lipinski definition) is 2. The molecule has 6 heteroatoms. The Morgan fingerprint density at radius 1 is 1.25 bits per heavy atom. The minimum absolute atomic E-state index is 0.00453. The zero-order valence-corrected chi connectivity index (χ0v) is 13.9. The van der Waals surface area contributed by atoms with Crippen molar-refractivity contribution >= 4 is 17.3 Å². The molecule has 0 aliphatic heterocycles. The molecule has 0 atom stereocenters. The summed E-state index contributed by atoms with van der Waals surface area (Å²) < 4.78 is 0. The van der Waals surface area contributed by atoms with E-state index in [1.807, 2.05) is 20.8 Å². The summed E-state index contributed by atoms with van der Waals surface area (Å²) in [7, 11) is 0. The van der Waals surface area contributed by atoms with Gasteiger partial charge in [0.25, 0.3) is 5.69 Å². The van der Waals surface area contributed by atoms with Crippen molar-refractivity contribution < 1.29 is 14.8 Å². The van der Waals surface area contributed by atoms with Gasteiger partial charge in [-0.05, 0) is 41.7 Å². The average molecular weight is 328 g/mol. The fourth-order valence-corrected chi connectivity index (χ4v) is 2.42. The van der Waals surface area contributed by atoms with Gasteiger partial charge in [0.15, 0.2) is 0 Å². The number of amides is 1. The Morgan fingerprint density at radius 3 is 2.42 bits per heavy atom. The molecule has 2 rings (SSSR count). The number of nitrogens with zero attached hydrogens (tertiary/aromatic N) is 1. The van der Waals surface area contributed by atoms with E-state index in [9.17, 15) is 20.0 Å². The SMILES string of the molecule is Cc1cc(O)c(C(C)C)cc1NC(=O)Cc1ccc([N+](=O)[O-])cc1. The van der Waals surface area contributed by atoms with Crippen molar-refractivity contribution in [3.05, 3.63) is 63.2 Å². The predicted octanol–water partition coefficient (Wildman–Crippen LogP) is 3.91. The maximum Gasteiger partial charge on any atom is 0.269 e. The molecule has 0 unspecified atom stereocenters. The summed E-state index contributed by atoms with van der Waals surface area (Å²) >= 11 is 0. The number of nitrogens with one attached hydrogen (secondary N) is 1. The third-order valence-electron chi connectivity index (χ3n) is 3.78. The molecule has 126 valence electrons. The molecule has 6 nitrogen and oxygen atoms in total. The van der Waals surface area contributed by atoms with Crippen molar-refractivity contribution in [2.75, 3.05) is 5.32 Å². The average Bonchev–Trinajstić information content (AvgIpc) is 2.50. The van der Waals surface area contributed by atoms with Crippen LogP contribution >= 0.6 is 0 Å². The molecule has 0 spiro atoms. The Balaban J connectivity index is 2.12. The number of rotatable bonds is 5. The summed E-state index contributed by atoms with van der Waals surface area (Å²) in [5, 5.41) is 23.4. The van der Waals surface area contributed by atoms with E-state index in [0.29, 0.717) is 11.3 Å². The molecular formula is C18H20N2O4. The molecule has 0 radical (unpaired) electrons. The van der Waals surface area contributed by atoms with E-state index in [-0.39, 0.29) is 29.7 Å². The number of non-ortho nitro benzene ring substituents is 1. The van der Waals surface area contributed by atoms with Gasteiger partial charge in [-0.1, -0.05) is 26.0 Å². The molecule has 0 aliphatic carbocycles. The van der Waals surface area contributed by atoms with Crippen molar-refractivity contribution in [2.24, 2.45) is 0 Å². The van der Waals surface area contributed by atoms with Crippen molar-refractivity contribution in [1.29, 1.82) is 0 Å². The summed E-state index contributed by atoms with van der Waals surface area (Å²) in [6.07, 6.45) is 0.120. The summed E-state index contributed by atoms with van der Waals surface area (Å²) in [6.45, 7) is 5.74. The lowest BCUT2D eigenvalue weighted by Gasteiger charge is -2.14. The summed E-state index contributed by atoms with van der Waals surface area (Å²) in [5.41, 5.74) is 2.89. The number of aromatic hydroxyl groups is 1. The van der Waals surface area contributed by atoms with Gasteiger partial charge in [0, 0.05) is 17.8 Å². The summed E-state index contributed by atoms with van der Waals surface area (Å²) in [6, 6.07) is 9.32. The Bertz CT molecular complexity index is 767. The van der Waals surface area contributed by atoms with Crippen LogP contribution in [0.2, 0.25) is 0 Å². The largest absolute Gasteiger partial charge is 0.508 e. The Kier molecular flexibility index (Phi) is 5.18. The molecule has 0 aromatic heterocycles. The minimum atomic E-state index is -0.475. The van der Waals surface area contributed by atoms with Crippen LogP contribution in [0.1, 0.15) is 36.5 Å². The number of hydrogen-bond acceptors (Lipinski definition) is 4. The van der Waals surface area contributed by atoms with Crippen LogP contribution in [0.25, 0.3) is 0 Å². The molecule has 0 heterocycles. The van der Waals surface area contributed by atoms with E-state index >= 15 is 0 Å². The first-order valence-electron chi connectivity index (χ1n) is 7.64. The highest BCUT2D eigenvalue weighted by molar-refractivity contribution is 5.93. The zero-order valence-electron chi connectivity index (χ0n) is 13.9. The van der Waals surface area contributed by atoms with Gasteiger partial charge in [-0.15, -0.1) is 0 Å². The fraction of sp³-hybridized carbons (Fsp3) is 0.278. The predicted molar refractivity (Wildman–Crippen MR) is 92.4 cm³/mol. The lowest BCUT2D eigenvalue weighted by molar-refractivity contribution is -0.384. The Hall–Kier alpha value is -2.89. The standard InChI is InChI=1S/C18H20N2O4/c1-11(2)15-10-16(12(3)8-17(15)21)19-18(22)9-13-4-6-14(7-5-13)20(23)24/h4-8,10-11,21H,9H2,1-3H3,(H,19,22). The van der Waals surface area contributed by atoms with Crippen LogP contribution in [0.15, 0.2) is 36.4 Å². The van der Waals surface area contributed by atoms with Gasteiger partial charge in [-0.2, -0.15) is 0 Å². The van der Waals surface area contributed by atoms with E-state index in [2.05, 4.69) is 5.32 Å². The highest BCUT2D eigenvalue weighted by Gasteiger charge is 2.13. The molecule has 0 saturated carbocycles. The smallest absolute Gasteiger partial charge is 0.269 e. The van der Waals surface area contributed by atoms with Crippen LogP contribution in [-0.4, -0.2) is 15.9 Å². The number of anilines is 1. The topological polar surface area (TPSA) is 92.5 Å². The number of phenolic OH excluding ortho intramolecular Hbond substituents is 1. The van der Waals surface area contributed by atoms with Crippen LogP contribution in [0.4, 0.5) is 11.4 Å². The third-order valence-corrected chi connectivity index (χ3v) is 3.78. The van der Waals surface area contributed by atoms with Crippen LogP contribution in [0, 0.1) is 17.0 Å². The molecule has 24 heavy (non-hydrogen) atoms. The first-order chi connectivity index (χ1) is 11.3. The first-order valence-corrected chi connectivity index (χ1v) is 7.64. The van der Waals surface area contributed by atoms with Crippen LogP contribution < -0.4 is 5.32 Å². The number of nitro groups is 1. The number of phenols is 1. The Labute approximate surface area is 140 Å². The highest BCUT2D eigenvalue weighted by atomic mass is 16.6. The molecule has 0 fully saturated rings. The molecule has 2 N–H and O–H groups in total. The zero-order chi connectivity index (χ0) is 17.9. The number of carbonyl (C=O) groups excluding carboxylic acids is 1. The van der Waals surface area contributed by atoms with Crippen molar-refractivity contribution in [2.45, 2.75) is 33.1 Å². The number of benzene rings is 2.